The third kappa shape index (κ3) is 2.46. The summed E-state index contributed by atoms with van der Waals surface area (Å²) in [5.41, 5.74) is 3.01. The lowest BCUT2D eigenvalue weighted by molar-refractivity contribution is 0.0999. The van der Waals surface area contributed by atoms with E-state index in [1.165, 1.54) is 24.3 Å². The molecule has 0 saturated heterocycles. The van der Waals surface area contributed by atoms with Crippen LogP contribution < -0.4 is 5.32 Å². The quantitative estimate of drug-likeness (QED) is 0.741. The Balaban J connectivity index is 1.76. The van der Waals surface area contributed by atoms with Gasteiger partial charge in [-0.2, -0.15) is 0 Å². The van der Waals surface area contributed by atoms with Crippen molar-refractivity contribution in [2.24, 2.45) is 12.0 Å². The molecule has 28 heavy (non-hydrogen) atoms. The first-order valence-corrected chi connectivity index (χ1v) is 8.93. The van der Waals surface area contributed by atoms with Gasteiger partial charge in [-0.25, -0.2) is 13.8 Å². The molecule has 2 aliphatic heterocycles. The maximum atomic E-state index is 14.2. The van der Waals surface area contributed by atoms with Crippen molar-refractivity contribution in [3.8, 4) is 0 Å². The predicted octanol–water partition coefficient (Wildman–Crippen LogP) is 3.63. The number of imidazole rings is 1. The van der Waals surface area contributed by atoms with Gasteiger partial charge in [0.2, 0.25) is 0 Å². The lowest BCUT2D eigenvalue weighted by atomic mass is 9.78. The van der Waals surface area contributed by atoms with E-state index in [9.17, 15) is 13.6 Å². The molecule has 3 aromatic rings. The summed E-state index contributed by atoms with van der Waals surface area (Å²) in [5.74, 6) is -0.571. The van der Waals surface area contributed by atoms with Crippen molar-refractivity contribution in [3.63, 3.8) is 0 Å². The summed E-state index contributed by atoms with van der Waals surface area (Å²) in [6.07, 6.45) is 3.54. The second-order valence-corrected chi connectivity index (χ2v) is 7.05. The highest BCUT2D eigenvalue weighted by molar-refractivity contribution is 6.21. The first-order valence-electron chi connectivity index (χ1n) is 8.93. The number of carbonyl (C=O) groups excluding carboxylic acids is 1. The van der Waals surface area contributed by atoms with Gasteiger partial charge in [0.1, 0.15) is 24.0 Å². The molecule has 0 bridgehead atoms. The molecule has 2 aliphatic rings. The van der Waals surface area contributed by atoms with Crippen molar-refractivity contribution in [2.45, 2.75) is 12.0 Å². The van der Waals surface area contributed by atoms with E-state index in [0.29, 0.717) is 22.5 Å². The Bertz CT molecular complexity index is 1130. The van der Waals surface area contributed by atoms with E-state index in [1.807, 2.05) is 17.8 Å². The fraction of sp³-hybridized carbons (Fsp3) is 0.190. The van der Waals surface area contributed by atoms with Crippen LogP contribution in [0.5, 0.6) is 0 Å². The van der Waals surface area contributed by atoms with Crippen molar-refractivity contribution in [3.05, 3.63) is 82.9 Å². The maximum absolute atomic E-state index is 14.2. The minimum absolute atomic E-state index is 0.0255. The highest BCUT2D eigenvalue weighted by Crippen LogP contribution is 2.44. The van der Waals surface area contributed by atoms with Crippen molar-refractivity contribution < 1.29 is 13.6 Å². The van der Waals surface area contributed by atoms with Crippen molar-refractivity contribution in [1.82, 2.24) is 9.55 Å². The van der Waals surface area contributed by atoms with Crippen LogP contribution in [0.25, 0.3) is 0 Å². The minimum atomic E-state index is -0.482. The minimum Gasteiger partial charge on any atom is -0.376 e. The molecule has 2 aromatic carbocycles. The first kappa shape index (κ1) is 16.8. The van der Waals surface area contributed by atoms with E-state index >= 15 is 0 Å². The van der Waals surface area contributed by atoms with E-state index in [0.717, 1.165) is 11.4 Å². The summed E-state index contributed by atoms with van der Waals surface area (Å²) in [4.78, 5) is 21.4. The van der Waals surface area contributed by atoms with Gasteiger partial charge in [-0.3, -0.25) is 9.79 Å². The van der Waals surface area contributed by atoms with Gasteiger partial charge in [0.05, 0.1) is 17.7 Å². The Morgan fingerprint density at radius 1 is 1.14 bits per heavy atom. The topological polar surface area (TPSA) is 59.3 Å². The fourth-order valence-electron chi connectivity index (χ4n) is 4.09. The van der Waals surface area contributed by atoms with E-state index in [-0.39, 0.29) is 30.1 Å². The highest BCUT2D eigenvalue weighted by Gasteiger charge is 2.41. The average molecular weight is 378 g/mol. The third-order valence-corrected chi connectivity index (χ3v) is 5.36. The van der Waals surface area contributed by atoms with E-state index in [2.05, 4.69) is 15.3 Å². The molecule has 7 heteroatoms. The summed E-state index contributed by atoms with van der Waals surface area (Å²) in [5, 5.41) is 3.35. The molecule has 0 amide bonds. The molecule has 1 N–H and O–H groups in total. The summed E-state index contributed by atoms with van der Waals surface area (Å²) in [7, 11) is 1.89. The van der Waals surface area contributed by atoms with Crippen LogP contribution in [0.4, 0.5) is 14.5 Å². The van der Waals surface area contributed by atoms with Gasteiger partial charge >= 0.3 is 0 Å². The number of aryl methyl sites for hydroxylation is 1. The standard InChI is InChI=1S/C21H16F2N4O/c1-27-7-6-24-21(27)18-19(11-2-4-12(22)5-3-11)26-15-9-13(23)8-14-16(28)10-25-20(18)17(14)15/h2-9,18-19,26H,10H2,1H3. The van der Waals surface area contributed by atoms with Gasteiger partial charge in [0.25, 0.3) is 0 Å². The van der Waals surface area contributed by atoms with Crippen LogP contribution in [0.1, 0.15) is 39.3 Å². The molecule has 2 unspecified atom stereocenters. The van der Waals surface area contributed by atoms with Crippen LogP contribution in [0.3, 0.4) is 0 Å². The summed E-state index contributed by atoms with van der Waals surface area (Å²) >= 11 is 0. The SMILES string of the molecule is Cn1ccnc1C1C2=NCC(=O)c3cc(F)cc(c32)NC1c1ccc(F)cc1. The van der Waals surface area contributed by atoms with E-state index in [4.69, 9.17) is 0 Å². The van der Waals surface area contributed by atoms with Gasteiger partial charge in [0.15, 0.2) is 5.78 Å². The summed E-state index contributed by atoms with van der Waals surface area (Å²) in [6, 6.07) is 8.49. The molecule has 2 atom stereocenters. The molecule has 1 aromatic heterocycles. The number of benzene rings is 2. The van der Waals surface area contributed by atoms with Gasteiger partial charge in [-0.1, -0.05) is 12.1 Å². The number of rotatable bonds is 2. The van der Waals surface area contributed by atoms with Gasteiger partial charge < -0.3 is 9.88 Å². The molecule has 0 spiro atoms. The van der Waals surface area contributed by atoms with Gasteiger partial charge in [-0.05, 0) is 29.8 Å². The van der Waals surface area contributed by atoms with E-state index in [1.54, 1.807) is 18.3 Å². The van der Waals surface area contributed by atoms with Crippen molar-refractivity contribution >= 4 is 17.2 Å². The summed E-state index contributed by atoms with van der Waals surface area (Å²) in [6.45, 7) is -0.0255. The van der Waals surface area contributed by atoms with Crippen LogP contribution >= 0.6 is 0 Å². The zero-order valence-corrected chi connectivity index (χ0v) is 15.0. The van der Waals surface area contributed by atoms with Crippen LogP contribution in [0.15, 0.2) is 53.8 Å². The smallest absolute Gasteiger partial charge is 0.185 e. The third-order valence-electron chi connectivity index (χ3n) is 5.36. The lowest BCUT2D eigenvalue weighted by Crippen LogP contribution is -2.37. The molecule has 0 saturated carbocycles. The molecule has 0 aliphatic carbocycles. The molecular formula is C21H16F2N4O. The monoisotopic (exact) mass is 378 g/mol. The zero-order valence-electron chi connectivity index (χ0n) is 15.0. The molecule has 0 radical (unpaired) electrons. The number of hydrogen-bond donors (Lipinski definition) is 1. The number of nitrogens with zero attached hydrogens (tertiary/aromatic N) is 3. The number of anilines is 1. The van der Waals surface area contributed by atoms with Crippen LogP contribution in [-0.4, -0.2) is 27.6 Å². The Labute approximate surface area is 159 Å². The number of ketones is 1. The van der Waals surface area contributed by atoms with E-state index < -0.39 is 5.82 Å². The van der Waals surface area contributed by atoms with Crippen LogP contribution in [0, 0.1) is 11.6 Å². The first-order chi connectivity index (χ1) is 13.5. The van der Waals surface area contributed by atoms with Crippen LogP contribution in [-0.2, 0) is 7.05 Å². The molecule has 0 fully saturated rings. The number of hydrogen-bond acceptors (Lipinski definition) is 4. The number of carbonyl (C=O) groups is 1. The second-order valence-electron chi connectivity index (χ2n) is 7.05. The van der Waals surface area contributed by atoms with Crippen molar-refractivity contribution in [1.29, 1.82) is 0 Å². The number of Topliss-reactive ketones (excluding diaryl/α,β-unsaturated/α-hetero) is 1. The number of nitrogens with one attached hydrogen (secondary N) is 1. The predicted molar refractivity (Wildman–Crippen MR) is 101 cm³/mol. The lowest BCUT2D eigenvalue weighted by Gasteiger charge is -2.38. The molecule has 5 rings (SSSR count). The van der Waals surface area contributed by atoms with Gasteiger partial charge in [-0.15, -0.1) is 0 Å². The fourth-order valence-corrected chi connectivity index (χ4v) is 4.09. The Morgan fingerprint density at radius 2 is 1.93 bits per heavy atom. The Hall–Kier alpha value is -3.35. The maximum Gasteiger partial charge on any atom is 0.185 e. The van der Waals surface area contributed by atoms with Gasteiger partial charge in [0, 0.05) is 36.3 Å². The Morgan fingerprint density at radius 3 is 2.64 bits per heavy atom. The zero-order chi connectivity index (χ0) is 19.4. The number of aromatic nitrogens is 2. The molecular weight excluding hydrogens is 362 g/mol. The Kier molecular flexibility index (Phi) is 3.65. The largest absolute Gasteiger partial charge is 0.376 e. The molecule has 140 valence electrons. The van der Waals surface area contributed by atoms with Crippen molar-refractivity contribution in [2.75, 3.05) is 11.9 Å². The molecule has 3 heterocycles. The second kappa shape index (κ2) is 6.09. The average Bonchev–Trinajstić information content (AvgIpc) is 3.10. The summed E-state index contributed by atoms with van der Waals surface area (Å²) < 4.78 is 29.6. The normalized spacial score (nSPS) is 20.4. The highest BCUT2D eigenvalue weighted by atomic mass is 19.1. The number of aliphatic imine (C=N–C) groups is 1. The molecule has 5 nitrogen and oxygen atoms in total. The van der Waals surface area contributed by atoms with Crippen LogP contribution in [0.2, 0.25) is 0 Å². The number of halogens is 2.